The van der Waals surface area contributed by atoms with E-state index in [0.29, 0.717) is 15.6 Å². The molecule has 0 unspecified atom stereocenters. The van der Waals surface area contributed by atoms with Crippen LogP contribution in [0.1, 0.15) is 22.1 Å². The third kappa shape index (κ3) is 3.13. The Morgan fingerprint density at radius 3 is 2.38 bits per heavy atom. The Bertz CT molecular complexity index is 1250. The molecule has 0 fully saturated rings. The van der Waals surface area contributed by atoms with Gasteiger partial charge in [0, 0.05) is 27.0 Å². The summed E-state index contributed by atoms with van der Waals surface area (Å²) in [4.78, 5) is 15.3. The maximum Gasteiger partial charge on any atom is 0.262 e. The monoisotopic (exact) mass is 418 g/mol. The van der Waals surface area contributed by atoms with Crippen LogP contribution in [0.3, 0.4) is 0 Å². The van der Waals surface area contributed by atoms with Crippen molar-refractivity contribution in [3.63, 3.8) is 0 Å². The van der Waals surface area contributed by atoms with Gasteiger partial charge in [-0.3, -0.25) is 9.69 Å². The third-order valence-corrected chi connectivity index (χ3v) is 5.76. The van der Waals surface area contributed by atoms with Crippen molar-refractivity contribution >= 4 is 51.3 Å². The van der Waals surface area contributed by atoms with Gasteiger partial charge in [0.05, 0.1) is 5.56 Å². The van der Waals surface area contributed by atoms with Crippen LogP contribution in [0.2, 0.25) is 10.0 Å². The van der Waals surface area contributed by atoms with Crippen molar-refractivity contribution < 1.29 is 4.79 Å². The number of carbonyl (C=O) groups excluding carboxylic acids is 1. The second kappa shape index (κ2) is 7.11. The molecule has 29 heavy (non-hydrogen) atoms. The largest absolute Gasteiger partial charge is 0.360 e. The van der Waals surface area contributed by atoms with Gasteiger partial charge in [-0.25, -0.2) is 0 Å². The van der Waals surface area contributed by atoms with Gasteiger partial charge in [-0.2, -0.15) is 0 Å². The fraction of sp³-hybridized carbons (Fsp3) is 0.0417. The Labute approximate surface area is 178 Å². The Morgan fingerprint density at radius 1 is 0.793 bits per heavy atom. The molecule has 0 spiro atoms. The summed E-state index contributed by atoms with van der Waals surface area (Å²) in [6.45, 7) is 0. The van der Waals surface area contributed by atoms with Gasteiger partial charge in [-0.15, -0.1) is 0 Å². The molecule has 0 aromatic heterocycles. The van der Waals surface area contributed by atoms with Crippen LogP contribution in [-0.2, 0) is 0 Å². The number of hydrogen-bond acceptors (Lipinski definition) is 2. The second-order valence-electron chi connectivity index (χ2n) is 6.96. The van der Waals surface area contributed by atoms with Crippen LogP contribution in [0.4, 0.5) is 11.4 Å². The molecule has 4 aromatic carbocycles. The zero-order valence-electron chi connectivity index (χ0n) is 15.3. The van der Waals surface area contributed by atoms with E-state index < -0.39 is 6.17 Å². The average molecular weight is 419 g/mol. The van der Waals surface area contributed by atoms with Gasteiger partial charge in [0.25, 0.3) is 5.91 Å². The van der Waals surface area contributed by atoms with E-state index in [9.17, 15) is 4.79 Å². The zero-order valence-corrected chi connectivity index (χ0v) is 16.8. The number of nitrogens with zero attached hydrogens (tertiary/aromatic N) is 1. The molecule has 0 saturated heterocycles. The summed E-state index contributed by atoms with van der Waals surface area (Å²) < 4.78 is 0. The number of anilines is 2. The number of amides is 1. The Balaban J connectivity index is 1.70. The highest BCUT2D eigenvalue weighted by molar-refractivity contribution is 6.35. The van der Waals surface area contributed by atoms with Gasteiger partial charge in [-0.05, 0) is 47.2 Å². The normalized spacial score (nSPS) is 15.9. The minimum absolute atomic E-state index is 0.0781. The van der Waals surface area contributed by atoms with E-state index in [1.54, 1.807) is 17.0 Å². The Hall–Kier alpha value is -3.01. The number of nitrogens with one attached hydrogen (secondary N) is 1. The molecule has 4 aromatic rings. The van der Waals surface area contributed by atoms with Crippen molar-refractivity contribution in [2.24, 2.45) is 0 Å². The van der Waals surface area contributed by atoms with Crippen LogP contribution in [-0.4, -0.2) is 5.91 Å². The summed E-state index contributed by atoms with van der Waals surface area (Å²) in [6, 6.07) is 27.0. The van der Waals surface area contributed by atoms with Crippen LogP contribution in [0.5, 0.6) is 0 Å². The lowest BCUT2D eigenvalue weighted by Gasteiger charge is -2.38. The summed E-state index contributed by atoms with van der Waals surface area (Å²) in [7, 11) is 0. The summed E-state index contributed by atoms with van der Waals surface area (Å²) in [5.41, 5.74) is 2.99. The van der Waals surface area contributed by atoms with Crippen molar-refractivity contribution in [3.05, 3.63) is 106 Å². The van der Waals surface area contributed by atoms with Gasteiger partial charge in [0.15, 0.2) is 0 Å². The topological polar surface area (TPSA) is 32.3 Å². The lowest BCUT2D eigenvalue weighted by atomic mass is 10.0. The standard InChI is InChI=1S/C24H16Cl2N2O/c25-17-10-12-19(21(26)14-17)23-27-22-8-4-3-7-20(22)24(29)28(23)18-11-9-15-5-1-2-6-16(15)13-18/h1-14,23,27H/t23-/m1/s1. The summed E-state index contributed by atoms with van der Waals surface area (Å²) in [5, 5.41) is 6.73. The molecule has 1 amide bonds. The summed E-state index contributed by atoms with van der Waals surface area (Å²) in [6.07, 6.45) is -0.455. The molecule has 0 bridgehead atoms. The fourth-order valence-electron chi connectivity index (χ4n) is 3.79. The number of carbonyl (C=O) groups is 1. The molecule has 142 valence electrons. The van der Waals surface area contributed by atoms with E-state index in [-0.39, 0.29) is 5.91 Å². The number of para-hydroxylation sites is 1. The van der Waals surface area contributed by atoms with Gasteiger partial charge >= 0.3 is 0 Å². The van der Waals surface area contributed by atoms with E-state index in [2.05, 4.69) is 11.4 Å². The van der Waals surface area contributed by atoms with E-state index >= 15 is 0 Å². The van der Waals surface area contributed by atoms with Crippen LogP contribution in [0, 0.1) is 0 Å². The van der Waals surface area contributed by atoms with Crippen molar-refractivity contribution in [1.82, 2.24) is 0 Å². The zero-order chi connectivity index (χ0) is 20.0. The molecular formula is C24H16Cl2N2O. The number of fused-ring (bicyclic) bond motifs is 2. The van der Waals surface area contributed by atoms with Crippen molar-refractivity contribution in [2.75, 3.05) is 10.2 Å². The highest BCUT2D eigenvalue weighted by Crippen LogP contribution is 2.40. The van der Waals surface area contributed by atoms with E-state index in [1.165, 1.54) is 0 Å². The first kappa shape index (κ1) is 18.0. The first-order valence-electron chi connectivity index (χ1n) is 9.25. The molecule has 0 aliphatic carbocycles. The van der Waals surface area contributed by atoms with Gasteiger partial charge in [0.2, 0.25) is 0 Å². The Morgan fingerprint density at radius 2 is 1.55 bits per heavy atom. The van der Waals surface area contributed by atoms with E-state index in [0.717, 1.165) is 27.7 Å². The third-order valence-electron chi connectivity index (χ3n) is 5.19. The van der Waals surface area contributed by atoms with Gasteiger partial charge in [-0.1, -0.05) is 71.7 Å². The molecule has 0 saturated carbocycles. The van der Waals surface area contributed by atoms with Crippen LogP contribution in [0.15, 0.2) is 84.9 Å². The molecule has 3 nitrogen and oxygen atoms in total. The minimum Gasteiger partial charge on any atom is -0.360 e. The molecule has 1 atom stereocenters. The summed E-state index contributed by atoms with van der Waals surface area (Å²) >= 11 is 12.6. The number of halogens is 2. The molecule has 1 heterocycles. The predicted molar refractivity (Wildman–Crippen MR) is 120 cm³/mol. The Kier molecular flexibility index (Phi) is 4.42. The second-order valence-corrected chi connectivity index (χ2v) is 7.81. The lowest BCUT2D eigenvalue weighted by molar-refractivity contribution is 0.0975. The minimum atomic E-state index is -0.455. The predicted octanol–water partition coefficient (Wildman–Crippen LogP) is 6.92. The quantitative estimate of drug-likeness (QED) is 0.383. The first-order valence-corrected chi connectivity index (χ1v) is 10.0. The maximum atomic E-state index is 13.5. The molecule has 0 radical (unpaired) electrons. The number of hydrogen-bond donors (Lipinski definition) is 1. The van der Waals surface area contributed by atoms with Gasteiger partial charge in [0.1, 0.15) is 6.17 Å². The van der Waals surface area contributed by atoms with Gasteiger partial charge < -0.3 is 5.32 Å². The van der Waals surface area contributed by atoms with Crippen molar-refractivity contribution in [1.29, 1.82) is 0 Å². The molecule has 1 N–H and O–H groups in total. The van der Waals surface area contributed by atoms with E-state index in [4.69, 9.17) is 23.2 Å². The lowest BCUT2D eigenvalue weighted by Crippen LogP contribution is -2.43. The SMILES string of the molecule is O=C1c2ccccc2N[C@@H](c2ccc(Cl)cc2Cl)N1c1ccc2ccccc2c1. The van der Waals surface area contributed by atoms with Crippen molar-refractivity contribution in [3.8, 4) is 0 Å². The molecule has 1 aliphatic heterocycles. The van der Waals surface area contributed by atoms with Crippen molar-refractivity contribution in [2.45, 2.75) is 6.17 Å². The summed E-state index contributed by atoms with van der Waals surface area (Å²) in [5.74, 6) is -0.0781. The molecule has 5 rings (SSSR count). The van der Waals surface area contributed by atoms with Crippen LogP contribution in [0.25, 0.3) is 10.8 Å². The molecule has 1 aliphatic rings. The van der Waals surface area contributed by atoms with Crippen LogP contribution < -0.4 is 10.2 Å². The van der Waals surface area contributed by atoms with Crippen LogP contribution >= 0.6 is 23.2 Å². The number of benzene rings is 4. The highest BCUT2D eigenvalue weighted by atomic mass is 35.5. The fourth-order valence-corrected chi connectivity index (χ4v) is 4.30. The van der Waals surface area contributed by atoms with E-state index in [1.807, 2.05) is 66.7 Å². The first-order chi connectivity index (χ1) is 14.1. The highest BCUT2D eigenvalue weighted by Gasteiger charge is 2.35. The molecule has 5 heteroatoms. The average Bonchev–Trinajstić information content (AvgIpc) is 2.73. The molecular weight excluding hydrogens is 403 g/mol. The number of rotatable bonds is 2. The smallest absolute Gasteiger partial charge is 0.262 e. The maximum absolute atomic E-state index is 13.5.